The quantitative estimate of drug-likeness (QED) is 0.489. The first-order chi connectivity index (χ1) is 8.60. The molecule has 0 spiro atoms. The topological polar surface area (TPSA) is 66.8 Å². The summed E-state index contributed by atoms with van der Waals surface area (Å²) in [5.74, 6) is -0.223. The Morgan fingerprint density at radius 1 is 1.17 bits per heavy atom. The van der Waals surface area contributed by atoms with Gasteiger partial charge in [0.25, 0.3) is 0 Å². The normalized spacial score (nSPS) is 15.1. The summed E-state index contributed by atoms with van der Waals surface area (Å²) in [7, 11) is 0. The minimum atomic E-state index is -0.567. The van der Waals surface area contributed by atoms with E-state index in [4.69, 9.17) is 4.74 Å². The van der Waals surface area contributed by atoms with Crippen molar-refractivity contribution in [3.63, 3.8) is 0 Å². The summed E-state index contributed by atoms with van der Waals surface area (Å²) in [6.07, 6.45) is 7.86. The van der Waals surface area contributed by atoms with Crippen LogP contribution < -0.4 is 0 Å². The van der Waals surface area contributed by atoms with Gasteiger partial charge in [0.1, 0.15) is 0 Å². The molecule has 0 fully saturated rings. The highest BCUT2D eigenvalue weighted by molar-refractivity contribution is 5.69. The molecular weight excluding hydrogens is 232 g/mol. The van der Waals surface area contributed by atoms with Gasteiger partial charge in [-0.2, -0.15) is 0 Å². The van der Waals surface area contributed by atoms with Crippen molar-refractivity contribution in [1.29, 1.82) is 0 Å². The fourth-order valence-corrected chi connectivity index (χ4v) is 1.31. The van der Waals surface area contributed by atoms with Crippen molar-refractivity contribution in [2.45, 2.75) is 51.7 Å². The van der Waals surface area contributed by atoms with E-state index in [9.17, 15) is 15.0 Å². The average Bonchev–Trinajstić information content (AvgIpc) is 2.34. The summed E-state index contributed by atoms with van der Waals surface area (Å²) in [4.78, 5) is 11.0. The first kappa shape index (κ1) is 16.9. The van der Waals surface area contributed by atoms with E-state index < -0.39 is 12.2 Å². The van der Waals surface area contributed by atoms with Gasteiger partial charge in [-0.15, -0.1) is 0 Å². The summed E-state index contributed by atoms with van der Waals surface area (Å²) in [6.45, 7) is 4.06. The fourth-order valence-electron chi connectivity index (χ4n) is 1.31. The van der Waals surface area contributed by atoms with Gasteiger partial charge in [0.15, 0.2) is 0 Å². The minimum Gasteiger partial charge on any atom is -0.466 e. The maximum Gasteiger partial charge on any atom is 0.305 e. The summed E-state index contributed by atoms with van der Waals surface area (Å²) >= 11 is 0. The second-order valence-electron chi connectivity index (χ2n) is 4.01. The molecule has 0 aliphatic carbocycles. The van der Waals surface area contributed by atoms with Crippen LogP contribution in [0.3, 0.4) is 0 Å². The zero-order valence-electron chi connectivity index (χ0n) is 11.2. The Kier molecular flexibility index (Phi) is 10.3. The SMILES string of the molecule is CCOC(=O)CCC[C@H](O)/C=C/C=C/[C@H](O)CC. The molecule has 2 N–H and O–H groups in total. The molecule has 18 heavy (non-hydrogen) atoms. The van der Waals surface area contributed by atoms with Crippen molar-refractivity contribution in [2.75, 3.05) is 6.61 Å². The smallest absolute Gasteiger partial charge is 0.305 e. The molecule has 0 aliphatic heterocycles. The van der Waals surface area contributed by atoms with Crippen molar-refractivity contribution in [1.82, 2.24) is 0 Å². The van der Waals surface area contributed by atoms with Crippen molar-refractivity contribution in [2.24, 2.45) is 0 Å². The Balaban J connectivity index is 3.70. The lowest BCUT2D eigenvalue weighted by Gasteiger charge is -2.04. The number of hydrogen-bond donors (Lipinski definition) is 2. The molecule has 0 amide bonds. The van der Waals surface area contributed by atoms with Crippen molar-refractivity contribution < 1.29 is 19.7 Å². The van der Waals surface area contributed by atoms with Gasteiger partial charge in [0.05, 0.1) is 18.8 Å². The monoisotopic (exact) mass is 256 g/mol. The molecule has 0 bridgehead atoms. The molecule has 0 saturated carbocycles. The Morgan fingerprint density at radius 3 is 2.33 bits per heavy atom. The number of carbonyl (C=O) groups excluding carboxylic acids is 1. The van der Waals surface area contributed by atoms with E-state index in [1.54, 1.807) is 31.2 Å². The summed E-state index contributed by atoms with van der Waals surface area (Å²) in [6, 6.07) is 0. The molecule has 0 saturated heterocycles. The number of hydrogen-bond acceptors (Lipinski definition) is 4. The second-order valence-corrected chi connectivity index (χ2v) is 4.01. The lowest BCUT2D eigenvalue weighted by molar-refractivity contribution is -0.143. The standard InChI is InChI=1S/C14H24O4/c1-3-12(15)8-5-6-9-13(16)10-7-11-14(17)18-4-2/h5-6,8-9,12-13,15-16H,3-4,7,10-11H2,1-2H3/b8-5+,9-6+/t12-,13-/m1/s1. The lowest BCUT2D eigenvalue weighted by Crippen LogP contribution is -2.07. The van der Waals surface area contributed by atoms with Crippen LogP contribution in [0.15, 0.2) is 24.3 Å². The Labute approximate surface area is 109 Å². The number of aliphatic hydroxyl groups excluding tert-OH is 2. The maximum absolute atomic E-state index is 11.0. The van der Waals surface area contributed by atoms with Gasteiger partial charge in [-0.1, -0.05) is 31.2 Å². The van der Waals surface area contributed by atoms with Gasteiger partial charge in [-0.25, -0.2) is 0 Å². The highest BCUT2D eigenvalue weighted by Gasteiger charge is 2.04. The largest absolute Gasteiger partial charge is 0.466 e. The van der Waals surface area contributed by atoms with E-state index in [1.165, 1.54) is 0 Å². The first-order valence-corrected chi connectivity index (χ1v) is 6.46. The molecule has 2 atom stereocenters. The Morgan fingerprint density at radius 2 is 1.78 bits per heavy atom. The third-order valence-electron chi connectivity index (χ3n) is 2.38. The predicted molar refractivity (Wildman–Crippen MR) is 71.1 cm³/mol. The van der Waals surface area contributed by atoms with Crippen molar-refractivity contribution in [3.8, 4) is 0 Å². The van der Waals surface area contributed by atoms with Gasteiger partial charge in [0, 0.05) is 6.42 Å². The maximum atomic E-state index is 11.0. The molecule has 0 radical (unpaired) electrons. The van der Waals surface area contributed by atoms with E-state index in [2.05, 4.69) is 0 Å². The molecule has 4 nitrogen and oxygen atoms in total. The molecule has 0 aliphatic rings. The van der Waals surface area contributed by atoms with Crippen LogP contribution in [0.25, 0.3) is 0 Å². The molecule has 4 heteroatoms. The van der Waals surface area contributed by atoms with E-state index >= 15 is 0 Å². The number of carbonyl (C=O) groups is 1. The lowest BCUT2D eigenvalue weighted by atomic mass is 10.1. The van der Waals surface area contributed by atoms with Crippen molar-refractivity contribution in [3.05, 3.63) is 24.3 Å². The zero-order valence-corrected chi connectivity index (χ0v) is 11.2. The molecule has 0 unspecified atom stereocenters. The molecule has 0 aromatic rings. The van der Waals surface area contributed by atoms with Crippen molar-refractivity contribution >= 4 is 5.97 Å². The van der Waals surface area contributed by atoms with Gasteiger partial charge < -0.3 is 14.9 Å². The molecule has 104 valence electrons. The van der Waals surface area contributed by atoms with Crippen LogP contribution >= 0.6 is 0 Å². The fraction of sp³-hybridized carbons (Fsp3) is 0.643. The number of rotatable bonds is 9. The third-order valence-corrected chi connectivity index (χ3v) is 2.38. The van der Waals surface area contributed by atoms with Gasteiger partial charge in [-0.3, -0.25) is 4.79 Å². The third kappa shape index (κ3) is 10.1. The Bertz CT molecular complexity index is 271. The van der Waals surface area contributed by atoms with E-state index in [1.807, 2.05) is 6.92 Å². The zero-order chi connectivity index (χ0) is 13.8. The molecule has 0 rings (SSSR count). The van der Waals surface area contributed by atoms with Crippen LogP contribution in [0.5, 0.6) is 0 Å². The molecule has 0 aromatic carbocycles. The van der Waals surface area contributed by atoms with Gasteiger partial charge in [-0.05, 0) is 26.2 Å². The van der Waals surface area contributed by atoms with E-state index in [0.29, 0.717) is 32.3 Å². The van der Waals surface area contributed by atoms with Crippen LogP contribution in [-0.4, -0.2) is 35.0 Å². The Hall–Kier alpha value is -1.13. The van der Waals surface area contributed by atoms with E-state index in [-0.39, 0.29) is 5.97 Å². The van der Waals surface area contributed by atoms with Crippen LogP contribution in [0.1, 0.15) is 39.5 Å². The number of ether oxygens (including phenoxy) is 1. The minimum absolute atomic E-state index is 0.223. The number of esters is 1. The highest BCUT2D eigenvalue weighted by Crippen LogP contribution is 2.04. The molecular formula is C14H24O4. The first-order valence-electron chi connectivity index (χ1n) is 6.46. The summed E-state index contributed by atoms with van der Waals surface area (Å²) in [5.41, 5.74) is 0. The predicted octanol–water partition coefficient (Wildman–Crippen LogP) is 1.96. The number of allylic oxidation sites excluding steroid dienone is 2. The second kappa shape index (κ2) is 11.0. The van der Waals surface area contributed by atoms with Crippen LogP contribution in [0.4, 0.5) is 0 Å². The van der Waals surface area contributed by atoms with E-state index in [0.717, 1.165) is 0 Å². The van der Waals surface area contributed by atoms with Gasteiger partial charge >= 0.3 is 5.97 Å². The molecule has 0 heterocycles. The summed E-state index contributed by atoms with van der Waals surface area (Å²) in [5, 5.41) is 18.8. The van der Waals surface area contributed by atoms with Crippen LogP contribution in [0.2, 0.25) is 0 Å². The van der Waals surface area contributed by atoms with Crippen LogP contribution in [-0.2, 0) is 9.53 Å². The van der Waals surface area contributed by atoms with Gasteiger partial charge in [0.2, 0.25) is 0 Å². The molecule has 0 aromatic heterocycles. The van der Waals surface area contributed by atoms with Crippen LogP contribution in [0, 0.1) is 0 Å². The number of aliphatic hydroxyl groups is 2. The summed E-state index contributed by atoms with van der Waals surface area (Å²) < 4.78 is 4.78. The average molecular weight is 256 g/mol. The highest BCUT2D eigenvalue weighted by atomic mass is 16.5.